The van der Waals surface area contributed by atoms with Crippen LogP contribution in [0.1, 0.15) is 23.7 Å². The van der Waals surface area contributed by atoms with E-state index in [1.54, 1.807) is 24.3 Å². The van der Waals surface area contributed by atoms with Crippen LogP contribution in [-0.2, 0) is 0 Å². The highest BCUT2D eigenvalue weighted by molar-refractivity contribution is 6.31. The molecule has 0 aliphatic heterocycles. The molecule has 0 heterocycles. The minimum Gasteiger partial charge on any atom is -0.491 e. The molecule has 0 bridgehead atoms. The van der Waals surface area contributed by atoms with Gasteiger partial charge in [0.25, 0.3) is 5.91 Å². The number of hydrogen-bond donors (Lipinski definition) is 1. The van der Waals surface area contributed by atoms with E-state index >= 15 is 0 Å². The van der Waals surface area contributed by atoms with Crippen molar-refractivity contribution in [3.05, 3.63) is 59.1 Å². The van der Waals surface area contributed by atoms with Gasteiger partial charge in [-0.3, -0.25) is 4.79 Å². The Morgan fingerprint density at radius 3 is 2.75 bits per heavy atom. The number of rotatable bonds is 5. The first-order valence-corrected chi connectivity index (χ1v) is 6.87. The molecule has 0 aromatic heterocycles. The maximum atomic E-state index is 12.2. The molecule has 104 valence electrons. The number of carbonyl (C=O) groups excluding carboxylic acids is 1. The van der Waals surface area contributed by atoms with Crippen LogP contribution in [-0.4, -0.2) is 12.5 Å². The fourth-order valence-electron chi connectivity index (χ4n) is 1.73. The molecule has 3 nitrogen and oxygen atoms in total. The summed E-state index contributed by atoms with van der Waals surface area (Å²) in [5.41, 5.74) is 1.17. The molecule has 0 saturated carbocycles. The molecule has 20 heavy (non-hydrogen) atoms. The van der Waals surface area contributed by atoms with Crippen LogP contribution < -0.4 is 10.1 Å². The van der Waals surface area contributed by atoms with Crippen molar-refractivity contribution >= 4 is 23.2 Å². The van der Waals surface area contributed by atoms with Gasteiger partial charge >= 0.3 is 0 Å². The molecule has 0 radical (unpaired) electrons. The molecule has 0 unspecified atom stereocenters. The van der Waals surface area contributed by atoms with Gasteiger partial charge in [0.05, 0.1) is 12.3 Å². The first kappa shape index (κ1) is 14.4. The van der Waals surface area contributed by atoms with Crippen LogP contribution in [0, 0.1) is 0 Å². The van der Waals surface area contributed by atoms with Crippen molar-refractivity contribution in [2.45, 2.75) is 13.3 Å². The van der Waals surface area contributed by atoms with Crippen molar-refractivity contribution in [1.82, 2.24) is 0 Å². The third-order valence-electron chi connectivity index (χ3n) is 2.68. The topological polar surface area (TPSA) is 38.3 Å². The number of para-hydroxylation sites is 2. The minimum atomic E-state index is -0.208. The number of amides is 1. The van der Waals surface area contributed by atoms with Gasteiger partial charge in [-0.15, -0.1) is 0 Å². The summed E-state index contributed by atoms with van der Waals surface area (Å²) in [5, 5.41) is 3.38. The summed E-state index contributed by atoms with van der Waals surface area (Å²) in [5.74, 6) is 0.463. The van der Waals surface area contributed by atoms with E-state index in [0.717, 1.165) is 6.42 Å². The molecule has 0 spiro atoms. The Kier molecular flexibility index (Phi) is 5.02. The highest BCUT2D eigenvalue weighted by Gasteiger charge is 2.09. The Bertz CT molecular complexity index is 599. The molecule has 2 aromatic carbocycles. The molecule has 4 heteroatoms. The Balaban J connectivity index is 2.15. The van der Waals surface area contributed by atoms with Crippen LogP contribution in [0.5, 0.6) is 5.75 Å². The van der Waals surface area contributed by atoms with Crippen molar-refractivity contribution in [2.24, 2.45) is 0 Å². The van der Waals surface area contributed by atoms with Gasteiger partial charge in [-0.1, -0.05) is 36.7 Å². The lowest BCUT2D eigenvalue weighted by atomic mass is 10.2. The maximum Gasteiger partial charge on any atom is 0.255 e. The fourth-order valence-corrected chi connectivity index (χ4v) is 1.92. The van der Waals surface area contributed by atoms with Crippen LogP contribution in [0.25, 0.3) is 0 Å². The first-order chi connectivity index (χ1) is 9.70. The van der Waals surface area contributed by atoms with Crippen molar-refractivity contribution in [1.29, 1.82) is 0 Å². The number of anilines is 1. The number of carbonyl (C=O) groups is 1. The molecular weight excluding hydrogens is 274 g/mol. The molecule has 2 rings (SSSR count). The lowest BCUT2D eigenvalue weighted by Gasteiger charge is -2.12. The van der Waals surface area contributed by atoms with E-state index in [4.69, 9.17) is 16.3 Å². The largest absolute Gasteiger partial charge is 0.491 e. The van der Waals surface area contributed by atoms with Crippen LogP contribution in [0.2, 0.25) is 5.02 Å². The van der Waals surface area contributed by atoms with Crippen LogP contribution in [0.3, 0.4) is 0 Å². The zero-order valence-corrected chi connectivity index (χ0v) is 12.0. The van der Waals surface area contributed by atoms with E-state index < -0.39 is 0 Å². The van der Waals surface area contributed by atoms with Crippen molar-refractivity contribution in [3.63, 3.8) is 0 Å². The summed E-state index contributed by atoms with van der Waals surface area (Å²) in [6.07, 6.45) is 0.913. The van der Waals surface area contributed by atoms with E-state index in [1.165, 1.54) is 0 Å². The number of halogens is 1. The Hall–Kier alpha value is -2.00. The van der Waals surface area contributed by atoms with Gasteiger partial charge in [0.15, 0.2) is 0 Å². The quantitative estimate of drug-likeness (QED) is 0.887. The van der Waals surface area contributed by atoms with E-state index in [0.29, 0.717) is 28.6 Å². The standard InChI is InChI=1S/C16H16ClNO2/c1-2-10-20-15-9-4-3-8-14(15)18-16(19)12-6-5-7-13(17)11-12/h3-9,11H,2,10H2,1H3,(H,18,19). The Labute approximate surface area is 123 Å². The predicted octanol–water partition coefficient (Wildman–Crippen LogP) is 4.38. The summed E-state index contributed by atoms with van der Waals surface area (Å²) < 4.78 is 5.61. The Morgan fingerprint density at radius 2 is 2.00 bits per heavy atom. The van der Waals surface area contributed by atoms with Gasteiger partial charge in [-0.05, 0) is 36.8 Å². The van der Waals surface area contributed by atoms with Gasteiger partial charge in [-0.2, -0.15) is 0 Å². The molecule has 2 aromatic rings. The van der Waals surface area contributed by atoms with Gasteiger partial charge in [-0.25, -0.2) is 0 Å². The summed E-state index contributed by atoms with van der Waals surface area (Å²) in [6.45, 7) is 2.65. The minimum absolute atomic E-state index is 0.208. The van der Waals surface area contributed by atoms with Crippen molar-refractivity contribution in [3.8, 4) is 5.75 Å². The SMILES string of the molecule is CCCOc1ccccc1NC(=O)c1cccc(Cl)c1. The molecule has 0 aliphatic carbocycles. The van der Waals surface area contributed by atoms with Crippen molar-refractivity contribution < 1.29 is 9.53 Å². The highest BCUT2D eigenvalue weighted by Crippen LogP contribution is 2.24. The van der Waals surface area contributed by atoms with Crippen LogP contribution in [0.4, 0.5) is 5.69 Å². The number of ether oxygens (including phenoxy) is 1. The molecular formula is C16H16ClNO2. The molecule has 1 N–H and O–H groups in total. The van der Waals surface area contributed by atoms with E-state index in [2.05, 4.69) is 5.32 Å². The third-order valence-corrected chi connectivity index (χ3v) is 2.92. The average Bonchev–Trinajstić information content (AvgIpc) is 2.46. The second-order valence-electron chi connectivity index (χ2n) is 4.31. The van der Waals surface area contributed by atoms with E-state index in [9.17, 15) is 4.79 Å². The summed E-state index contributed by atoms with van der Waals surface area (Å²) in [4.78, 5) is 12.2. The van der Waals surface area contributed by atoms with E-state index in [1.807, 2.05) is 31.2 Å². The average molecular weight is 290 g/mol. The molecule has 0 aliphatic rings. The second-order valence-corrected chi connectivity index (χ2v) is 4.75. The molecule has 1 amide bonds. The molecule has 0 saturated heterocycles. The van der Waals surface area contributed by atoms with Crippen LogP contribution >= 0.6 is 11.6 Å². The summed E-state index contributed by atoms with van der Waals surface area (Å²) in [6, 6.07) is 14.2. The van der Waals surface area contributed by atoms with Gasteiger partial charge < -0.3 is 10.1 Å². The monoisotopic (exact) mass is 289 g/mol. The summed E-state index contributed by atoms with van der Waals surface area (Å²) in [7, 11) is 0. The first-order valence-electron chi connectivity index (χ1n) is 6.49. The van der Waals surface area contributed by atoms with Gasteiger partial charge in [0.2, 0.25) is 0 Å². The van der Waals surface area contributed by atoms with Gasteiger partial charge in [0.1, 0.15) is 5.75 Å². The van der Waals surface area contributed by atoms with E-state index in [-0.39, 0.29) is 5.91 Å². The van der Waals surface area contributed by atoms with Crippen molar-refractivity contribution in [2.75, 3.05) is 11.9 Å². The Morgan fingerprint density at radius 1 is 1.20 bits per heavy atom. The van der Waals surface area contributed by atoms with Gasteiger partial charge in [0, 0.05) is 10.6 Å². The number of benzene rings is 2. The maximum absolute atomic E-state index is 12.2. The second kappa shape index (κ2) is 6.96. The summed E-state index contributed by atoms with van der Waals surface area (Å²) >= 11 is 5.89. The van der Waals surface area contributed by atoms with Crippen LogP contribution in [0.15, 0.2) is 48.5 Å². The zero-order chi connectivity index (χ0) is 14.4. The zero-order valence-electron chi connectivity index (χ0n) is 11.2. The number of nitrogens with one attached hydrogen (secondary N) is 1. The third kappa shape index (κ3) is 3.75. The predicted molar refractivity (Wildman–Crippen MR) is 81.6 cm³/mol. The smallest absolute Gasteiger partial charge is 0.255 e. The molecule has 0 atom stereocenters. The lowest BCUT2D eigenvalue weighted by molar-refractivity contribution is 0.102. The lowest BCUT2D eigenvalue weighted by Crippen LogP contribution is -2.13. The normalized spacial score (nSPS) is 10.1. The number of hydrogen-bond acceptors (Lipinski definition) is 2. The highest BCUT2D eigenvalue weighted by atomic mass is 35.5. The molecule has 0 fully saturated rings. The fraction of sp³-hybridized carbons (Fsp3) is 0.188.